The summed E-state index contributed by atoms with van der Waals surface area (Å²) in [6.45, 7) is 1.86. The number of benzene rings is 1. The molecule has 0 saturated heterocycles. The second-order valence-electron chi connectivity index (χ2n) is 7.82. The maximum Gasteiger partial charge on any atom is 0.191 e. The van der Waals surface area contributed by atoms with Gasteiger partial charge in [-0.2, -0.15) is 5.10 Å². The average molecular weight is 494 g/mol. The van der Waals surface area contributed by atoms with Crippen LogP contribution in [0, 0.1) is 5.92 Å². The Kier molecular flexibility index (Phi) is 7.70. The Balaban J connectivity index is 0.00000225. The van der Waals surface area contributed by atoms with Crippen LogP contribution in [0.5, 0.6) is 0 Å². The number of fused-ring (bicyclic) bond motifs is 1. The molecule has 2 aromatic rings. The SMILES string of the molecule is CN=C(NCC1CCC(c2ccccc2)CC1)NC1CCc2ncnn2C1.I. The van der Waals surface area contributed by atoms with Gasteiger partial charge in [0.15, 0.2) is 5.96 Å². The van der Waals surface area contributed by atoms with Crippen molar-refractivity contribution in [1.29, 1.82) is 0 Å². The lowest BCUT2D eigenvalue weighted by molar-refractivity contribution is 0.323. The second-order valence-corrected chi connectivity index (χ2v) is 7.82. The molecule has 2 heterocycles. The molecule has 2 N–H and O–H groups in total. The van der Waals surface area contributed by atoms with Gasteiger partial charge in [0.05, 0.1) is 6.54 Å². The first-order chi connectivity index (χ1) is 13.3. The third-order valence-corrected chi connectivity index (χ3v) is 6.05. The summed E-state index contributed by atoms with van der Waals surface area (Å²) in [5.41, 5.74) is 1.51. The topological polar surface area (TPSA) is 67.1 Å². The first-order valence-corrected chi connectivity index (χ1v) is 10.2. The molecule has 1 aliphatic carbocycles. The summed E-state index contributed by atoms with van der Waals surface area (Å²) >= 11 is 0. The number of halogens is 1. The van der Waals surface area contributed by atoms with E-state index in [1.54, 1.807) is 6.33 Å². The molecule has 1 fully saturated rings. The smallest absolute Gasteiger partial charge is 0.191 e. The van der Waals surface area contributed by atoms with E-state index in [2.05, 4.69) is 56.0 Å². The van der Waals surface area contributed by atoms with Crippen molar-refractivity contribution in [2.24, 2.45) is 10.9 Å². The zero-order chi connectivity index (χ0) is 18.5. The highest BCUT2D eigenvalue weighted by atomic mass is 127. The van der Waals surface area contributed by atoms with Crippen molar-refractivity contribution in [2.75, 3.05) is 13.6 Å². The van der Waals surface area contributed by atoms with E-state index < -0.39 is 0 Å². The molecule has 1 aromatic heterocycles. The Morgan fingerprint density at radius 1 is 1.14 bits per heavy atom. The number of nitrogens with zero attached hydrogens (tertiary/aromatic N) is 4. The molecule has 0 radical (unpaired) electrons. The summed E-state index contributed by atoms with van der Waals surface area (Å²) in [6.07, 6.45) is 8.85. The van der Waals surface area contributed by atoms with Crippen molar-refractivity contribution in [3.63, 3.8) is 0 Å². The van der Waals surface area contributed by atoms with Gasteiger partial charge in [-0.3, -0.25) is 4.99 Å². The molecule has 1 saturated carbocycles. The van der Waals surface area contributed by atoms with Gasteiger partial charge in [0.1, 0.15) is 12.2 Å². The number of guanidine groups is 1. The minimum Gasteiger partial charge on any atom is -0.356 e. The van der Waals surface area contributed by atoms with E-state index in [1.807, 2.05) is 11.7 Å². The Bertz CT molecular complexity index is 751. The number of rotatable bonds is 4. The fourth-order valence-corrected chi connectivity index (χ4v) is 4.41. The lowest BCUT2D eigenvalue weighted by Crippen LogP contribution is -2.48. The molecule has 0 amide bonds. The normalized spacial score (nSPS) is 24.8. The van der Waals surface area contributed by atoms with Gasteiger partial charge < -0.3 is 10.6 Å². The van der Waals surface area contributed by atoms with Crippen molar-refractivity contribution in [3.05, 3.63) is 48.0 Å². The molecule has 0 spiro atoms. The highest BCUT2D eigenvalue weighted by molar-refractivity contribution is 14.0. The summed E-state index contributed by atoms with van der Waals surface area (Å²) in [5.74, 6) is 3.47. The molecule has 1 atom stereocenters. The van der Waals surface area contributed by atoms with Crippen molar-refractivity contribution in [2.45, 2.75) is 57.0 Å². The van der Waals surface area contributed by atoms with Crippen LogP contribution in [0.25, 0.3) is 0 Å². The van der Waals surface area contributed by atoms with Gasteiger partial charge in [-0.1, -0.05) is 30.3 Å². The van der Waals surface area contributed by atoms with Crippen LogP contribution >= 0.6 is 24.0 Å². The predicted octanol–water partition coefficient (Wildman–Crippen LogP) is 3.35. The van der Waals surface area contributed by atoms with Gasteiger partial charge in [0, 0.05) is 26.1 Å². The molecule has 1 unspecified atom stereocenters. The molecule has 7 heteroatoms. The van der Waals surface area contributed by atoms with Gasteiger partial charge in [-0.05, 0) is 49.5 Å². The highest BCUT2D eigenvalue weighted by Crippen LogP contribution is 2.35. The van der Waals surface area contributed by atoms with Gasteiger partial charge in [-0.15, -0.1) is 24.0 Å². The molecule has 1 aromatic carbocycles. The largest absolute Gasteiger partial charge is 0.356 e. The van der Waals surface area contributed by atoms with Crippen LogP contribution < -0.4 is 10.6 Å². The number of hydrogen-bond acceptors (Lipinski definition) is 3. The Morgan fingerprint density at radius 2 is 1.93 bits per heavy atom. The lowest BCUT2D eigenvalue weighted by atomic mass is 9.79. The second kappa shape index (κ2) is 10.2. The standard InChI is InChI=1S/C21H30N6.HI/c1-22-21(26-19-11-12-20-24-15-25-27(20)14-19)23-13-16-7-9-18(10-8-16)17-5-3-2-4-6-17;/h2-6,15-16,18-19H,7-14H2,1H3,(H2,22,23,26);1H. The van der Waals surface area contributed by atoms with Crippen LogP contribution in [0.2, 0.25) is 0 Å². The summed E-state index contributed by atoms with van der Waals surface area (Å²) in [4.78, 5) is 8.72. The zero-order valence-corrected chi connectivity index (χ0v) is 18.9. The van der Waals surface area contributed by atoms with Gasteiger partial charge in [0.2, 0.25) is 0 Å². The van der Waals surface area contributed by atoms with Crippen LogP contribution in [-0.2, 0) is 13.0 Å². The molecular weight excluding hydrogens is 463 g/mol. The molecule has 6 nitrogen and oxygen atoms in total. The molecule has 1 aliphatic heterocycles. The minimum atomic E-state index is 0. The van der Waals surface area contributed by atoms with E-state index in [0.717, 1.165) is 49.6 Å². The first kappa shape index (κ1) is 21.1. The summed E-state index contributed by atoms with van der Waals surface area (Å²) in [5, 5.41) is 11.4. The maximum atomic E-state index is 4.42. The van der Waals surface area contributed by atoms with Crippen LogP contribution in [0.15, 0.2) is 41.7 Å². The first-order valence-electron chi connectivity index (χ1n) is 10.2. The van der Waals surface area contributed by atoms with Crippen LogP contribution in [0.3, 0.4) is 0 Å². The summed E-state index contributed by atoms with van der Waals surface area (Å²) < 4.78 is 2.00. The number of nitrogens with one attached hydrogen (secondary N) is 2. The summed E-state index contributed by atoms with van der Waals surface area (Å²) in [7, 11) is 1.85. The minimum absolute atomic E-state index is 0. The molecule has 28 heavy (non-hydrogen) atoms. The number of aromatic nitrogens is 3. The quantitative estimate of drug-likeness (QED) is 0.389. The average Bonchev–Trinajstić information content (AvgIpc) is 3.20. The fourth-order valence-electron chi connectivity index (χ4n) is 4.41. The molecule has 152 valence electrons. The molecule has 4 rings (SSSR count). The van der Waals surface area contributed by atoms with Gasteiger partial charge >= 0.3 is 0 Å². The van der Waals surface area contributed by atoms with E-state index in [0.29, 0.717) is 6.04 Å². The van der Waals surface area contributed by atoms with E-state index >= 15 is 0 Å². The van der Waals surface area contributed by atoms with Crippen LogP contribution in [0.1, 0.15) is 49.4 Å². The van der Waals surface area contributed by atoms with E-state index in [-0.39, 0.29) is 24.0 Å². The van der Waals surface area contributed by atoms with E-state index in [1.165, 1.54) is 31.2 Å². The molecular formula is C21H31IN6. The van der Waals surface area contributed by atoms with Crippen molar-refractivity contribution in [1.82, 2.24) is 25.4 Å². The van der Waals surface area contributed by atoms with E-state index in [4.69, 9.17) is 0 Å². The van der Waals surface area contributed by atoms with Crippen molar-refractivity contribution >= 4 is 29.9 Å². The van der Waals surface area contributed by atoms with Crippen LogP contribution in [-0.4, -0.2) is 40.4 Å². The predicted molar refractivity (Wildman–Crippen MR) is 123 cm³/mol. The fraction of sp³-hybridized carbons (Fsp3) is 0.571. The van der Waals surface area contributed by atoms with Gasteiger partial charge in [0.25, 0.3) is 0 Å². The van der Waals surface area contributed by atoms with E-state index in [9.17, 15) is 0 Å². The summed E-state index contributed by atoms with van der Waals surface area (Å²) in [6, 6.07) is 11.3. The number of hydrogen-bond donors (Lipinski definition) is 2. The monoisotopic (exact) mass is 494 g/mol. The highest BCUT2D eigenvalue weighted by Gasteiger charge is 2.23. The zero-order valence-electron chi connectivity index (χ0n) is 16.6. The van der Waals surface area contributed by atoms with Crippen molar-refractivity contribution < 1.29 is 0 Å². The van der Waals surface area contributed by atoms with Crippen LogP contribution in [0.4, 0.5) is 0 Å². The molecule has 2 aliphatic rings. The number of aryl methyl sites for hydroxylation is 1. The lowest BCUT2D eigenvalue weighted by Gasteiger charge is -2.30. The third-order valence-electron chi connectivity index (χ3n) is 6.05. The van der Waals surface area contributed by atoms with Crippen molar-refractivity contribution in [3.8, 4) is 0 Å². The Labute approximate surface area is 184 Å². The Morgan fingerprint density at radius 3 is 2.68 bits per heavy atom. The number of aliphatic imine (C=N–C) groups is 1. The molecule has 0 bridgehead atoms. The third kappa shape index (κ3) is 5.24. The van der Waals surface area contributed by atoms with Gasteiger partial charge in [-0.25, -0.2) is 9.67 Å². The Hall–Kier alpha value is -1.64. The maximum absolute atomic E-state index is 4.42.